The van der Waals surface area contributed by atoms with Crippen molar-refractivity contribution in [2.45, 2.75) is 58.8 Å². The average Bonchev–Trinajstić information content (AvgIpc) is 3.04. The molecule has 1 aromatic rings. The third-order valence-corrected chi connectivity index (χ3v) is 8.91. The smallest absolute Gasteiger partial charge is 0.0889 e. The summed E-state index contributed by atoms with van der Waals surface area (Å²) in [6.07, 6.45) is 15.4. The Bertz CT molecular complexity index is 964. The minimum absolute atomic E-state index is 0.0616. The van der Waals surface area contributed by atoms with Crippen LogP contribution in [0.4, 0.5) is 0 Å². The Morgan fingerprint density at radius 1 is 1.07 bits per heavy atom. The first-order valence-electron chi connectivity index (χ1n) is 11.2. The van der Waals surface area contributed by atoms with Crippen LogP contribution in [0.15, 0.2) is 52.1 Å². The van der Waals surface area contributed by atoms with Gasteiger partial charge in [-0.1, -0.05) is 35.8 Å². The summed E-state index contributed by atoms with van der Waals surface area (Å²) >= 11 is 0. The van der Waals surface area contributed by atoms with Gasteiger partial charge < -0.3 is 10.4 Å². The van der Waals surface area contributed by atoms with E-state index < -0.39 is 0 Å². The van der Waals surface area contributed by atoms with E-state index in [0.29, 0.717) is 17.8 Å². The number of fused-ring (bicyclic) bond motifs is 5. The Morgan fingerprint density at radius 2 is 1.93 bits per heavy atom. The van der Waals surface area contributed by atoms with E-state index in [4.69, 9.17) is 0 Å². The van der Waals surface area contributed by atoms with Crippen molar-refractivity contribution in [3.8, 4) is 0 Å². The van der Waals surface area contributed by atoms with Gasteiger partial charge in [0.25, 0.3) is 0 Å². The number of rotatable bonds is 1. The standard InChI is InChI=1S/C25H31N3O2/c1-24-9-7-19(27-29)14-18(24)5-6-20-21(24)8-10-25(2)22(20)13-17(23(25)28-30)12-16-4-3-11-26-15-16/h3-4,11-12,14-15,20-22,29-30H,5-10,13H2,1-2H3/b17-12+,27-19+,28-23+/t20-,21+,22+,24+,25+/m1/s1. The van der Waals surface area contributed by atoms with Crippen molar-refractivity contribution in [2.24, 2.45) is 38.9 Å². The lowest BCUT2D eigenvalue weighted by Gasteiger charge is -2.57. The second-order valence-electron chi connectivity index (χ2n) is 10.2. The molecule has 0 amide bonds. The molecule has 2 N–H and O–H groups in total. The maximum Gasteiger partial charge on any atom is 0.0889 e. The molecule has 0 saturated heterocycles. The molecule has 5 atom stereocenters. The minimum Gasteiger partial charge on any atom is -0.411 e. The number of hydrogen-bond donors (Lipinski definition) is 2. The van der Waals surface area contributed by atoms with E-state index in [2.05, 4.69) is 47.4 Å². The molecule has 3 fully saturated rings. The molecule has 4 aliphatic carbocycles. The van der Waals surface area contributed by atoms with Crippen molar-refractivity contribution in [1.82, 2.24) is 4.98 Å². The Kier molecular flexibility index (Phi) is 4.60. The SMILES string of the molecule is C[C@]12CC/C(=N\O)C=C1CC[C@@H]1[C@@H]2CC[C@]2(C)C(=N/O)/C(=C/c3cccnc3)C[C@@H]12. The molecular weight excluding hydrogens is 374 g/mol. The van der Waals surface area contributed by atoms with Gasteiger partial charge >= 0.3 is 0 Å². The van der Waals surface area contributed by atoms with E-state index in [1.165, 1.54) is 17.6 Å². The molecule has 30 heavy (non-hydrogen) atoms. The van der Waals surface area contributed by atoms with Crippen LogP contribution < -0.4 is 0 Å². The molecule has 0 aromatic carbocycles. The lowest BCUT2D eigenvalue weighted by Crippen LogP contribution is -2.50. The molecule has 3 saturated carbocycles. The Labute approximate surface area is 178 Å². The van der Waals surface area contributed by atoms with Crippen LogP contribution in [0.2, 0.25) is 0 Å². The third kappa shape index (κ3) is 2.78. The third-order valence-electron chi connectivity index (χ3n) is 8.91. The quantitative estimate of drug-likeness (QED) is 0.465. The van der Waals surface area contributed by atoms with Crippen LogP contribution >= 0.6 is 0 Å². The Hall–Kier alpha value is -2.43. The Balaban J connectivity index is 1.50. The highest BCUT2D eigenvalue weighted by Gasteiger charge is 2.59. The maximum absolute atomic E-state index is 9.99. The predicted octanol–water partition coefficient (Wildman–Crippen LogP) is 5.70. The number of pyridine rings is 1. The maximum atomic E-state index is 9.99. The molecule has 5 rings (SSSR count). The van der Waals surface area contributed by atoms with Crippen LogP contribution in [0.3, 0.4) is 0 Å². The summed E-state index contributed by atoms with van der Waals surface area (Å²) in [5.41, 5.74) is 5.57. The fraction of sp³-hybridized carbons (Fsp3) is 0.560. The second-order valence-corrected chi connectivity index (χ2v) is 10.2. The van der Waals surface area contributed by atoms with Crippen LogP contribution in [-0.4, -0.2) is 26.8 Å². The van der Waals surface area contributed by atoms with Crippen LogP contribution in [0, 0.1) is 28.6 Å². The molecule has 0 radical (unpaired) electrons. The summed E-state index contributed by atoms with van der Waals surface area (Å²) in [5, 5.41) is 26.6. The molecule has 0 unspecified atom stereocenters. The summed E-state index contributed by atoms with van der Waals surface area (Å²) in [6, 6.07) is 4.01. The van der Waals surface area contributed by atoms with Crippen molar-refractivity contribution in [3.63, 3.8) is 0 Å². The van der Waals surface area contributed by atoms with Gasteiger partial charge in [-0.25, -0.2) is 0 Å². The van der Waals surface area contributed by atoms with Gasteiger partial charge in [0.1, 0.15) is 0 Å². The fourth-order valence-corrected chi connectivity index (χ4v) is 7.31. The van der Waals surface area contributed by atoms with Crippen molar-refractivity contribution < 1.29 is 10.4 Å². The predicted molar refractivity (Wildman–Crippen MR) is 118 cm³/mol. The highest BCUT2D eigenvalue weighted by atomic mass is 16.4. The summed E-state index contributed by atoms with van der Waals surface area (Å²) in [5.74, 6) is 1.79. The zero-order valence-corrected chi connectivity index (χ0v) is 17.9. The van der Waals surface area contributed by atoms with E-state index in [9.17, 15) is 10.4 Å². The molecule has 1 heterocycles. The van der Waals surface area contributed by atoms with Crippen LogP contribution in [0.1, 0.15) is 64.4 Å². The number of aromatic nitrogens is 1. The molecule has 158 valence electrons. The monoisotopic (exact) mass is 405 g/mol. The highest BCUT2D eigenvalue weighted by molar-refractivity contribution is 6.09. The zero-order chi connectivity index (χ0) is 20.9. The number of oxime groups is 2. The summed E-state index contributed by atoms with van der Waals surface area (Å²) in [6.45, 7) is 4.76. The van der Waals surface area contributed by atoms with E-state index in [1.807, 2.05) is 12.3 Å². The van der Waals surface area contributed by atoms with Gasteiger partial charge in [-0.05, 0) is 97.5 Å². The molecule has 0 bridgehead atoms. The minimum atomic E-state index is -0.0616. The van der Waals surface area contributed by atoms with Gasteiger partial charge in [-0.3, -0.25) is 4.98 Å². The van der Waals surface area contributed by atoms with Crippen molar-refractivity contribution in [1.29, 1.82) is 0 Å². The molecular formula is C25H31N3O2. The van der Waals surface area contributed by atoms with E-state index in [1.54, 1.807) is 6.20 Å². The molecule has 5 nitrogen and oxygen atoms in total. The van der Waals surface area contributed by atoms with Gasteiger partial charge in [-0.15, -0.1) is 0 Å². The summed E-state index contributed by atoms with van der Waals surface area (Å²) < 4.78 is 0. The molecule has 0 aliphatic heterocycles. The van der Waals surface area contributed by atoms with Crippen molar-refractivity contribution in [2.75, 3.05) is 0 Å². The van der Waals surface area contributed by atoms with Crippen LogP contribution in [-0.2, 0) is 0 Å². The molecule has 1 aromatic heterocycles. The molecule has 4 aliphatic rings. The lowest BCUT2D eigenvalue weighted by atomic mass is 9.47. The molecule has 0 spiro atoms. The zero-order valence-electron chi connectivity index (χ0n) is 17.9. The van der Waals surface area contributed by atoms with Gasteiger partial charge in [0.2, 0.25) is 0 Å². The lowest BCUT2D eigenvalue weighted by molar-refractivity contribution is -0.0151. The van der Waals surface area contributed by atoms with Gasteiger partial charge in [0, 0.05) is 17.8 Å². The number of nitrogens with zero attached hydrogens (tertiary/aromatic N) is 3. The van der Waals surface area contributed by atoms with Crippen molar-refractivity contribution in [3.05, 3.63) is 47.3 Å². The van der Waals surface area contributed by atoms with E-state index >= 15 is 0 Å². The first-order valence-corrected chi connectivity index (χ1v) is 11.2. The fourth-order valence-electron chi connectivity index (χ4n) is 7.31. The summed E-state index contributed by atoms with van der Waals surface area (Å²) in [7, 11) is 0. The molecule has 5 heteroatoms. The van der Waals surface area contributed by atoms with Gasteiger partial charge in [0.15, 0.2) is 0 Å². The van der Waals surface area contributed by atoms with Gasteiger partial charge in [0.05, 0.1) is 11.4 Å². The normalized spacial score (nSPS) is 42.0. The largest absolute Gasteiger partial charge is 0.411 e. The van der Waals surface area contributed by atoms with Gasteiger partial charge in [-0.2, -0.15) is 0 Å². The first-order chi connectivity index (χ1) is 14.5. The number of hydrogen-bond acceptors (Lipinski definition) is 5. The van der Waals surface area contributed by atoms with E-state index in [0.717, 1.165) is 55.5 Å². The van der Waals surface area contributed by atoms with E-state index in [-0.39, 0.29) is 10.8 Å². The average molecular weight is 406 g/mol. The Morgan fingerprint density at radius 3 is 2.67 bits per heavy atom. The first kappa shape index (κ1) is 19.5. The topological polar surface area (TPSA) is 78.1 Å². The number of allylic oxidation sites excluding steroid dienone is 3. The highest BCUT2D eigenvalue weighted by Crippen LogP contribution is 2.65. The summed E-state index contributed by atoms with van der Waals surface area (Å²) in [4.78, 5) is 4.24. The second kappa shape index (κ2) is 7.07. The van der Waals surface area contributed by atoms with Crippen molar-refractivity contribution >= 4 is 17.5 Å². The van der Waals surface area contributed by atoms with Crippen LogP contribution in [0.5, 0.6) is 0 Å². The van der Waals surface area contributed by atoms with Crippen LogP contribution in [0.25, 0.3) is 6.08 Å².